The molecule has 3 nitrogen and oxygen atoms in total. The lowest BCUT2D eigenvalue weighted by Gasteiger charge is -2.26. The summed E-state index contributed by atoms with van der Waals surface area (Å²) in [6, 6.07) is 3.24. The highest BCUT2D eigenvalue weighted by molar-refractivity contribution is 5.36. The van der Waals surface area contributed by atoms with Crippen LogP contribution in [0, 0.1) is 5.82 Å². The van der Waals surface area contributed by atoms with Gasteiger partial charge in [0, 0.05) is 24.2 Å². The van der Waals surface area contributed by atoms with Crippen molar-refractivity contribution in [3.8, 4) is 5.75 Å². The van der Waals surface area contributed by atoms with Gasteiger partial charge in [-0.1, -0.05) is 18.9 Å². The SMILES string of the molecule is CC(NCC1(O)CCCC1)c1ccc(F)cc1OC(F)F. The van der Waals surface area contributed by atoms with Gasteiger partial charge in [0.05, 0.1) is 5.60 Å². The second-order valence-electron chi connectivity index (χ2n) is 5.59. The van der Waals surface area contributed by atoms with E-state index < -0.39 is 18.0 Å². The Morgan fingerprint density at radius 2 is 2.00 bits per heavy atom. The molecule has 1 aliphatic rings. The summed E-state index contributed by atoms with van der Waals surface area (Å²) in [7, 11) is 0. The normalized spacial score (nSPS) is 19.0. The molecule has 0 spiro atoms. The molecule has 0 radical (unpaired) electrons. The number of alkyl halides is 2. The van der Waals surface area contributed by atoms with Gasteiger partial charge in [-0.3, -0.25) is 0 Å². The number of hydrogen-bond donors (Lipinski definition) is 2. The Bertz CT molecular complexity index is 476. The summed E-state index contributed by atoms with van der Waals surface area (Å²) in [4.78, 5) is 0. The van der Waals surface area contributed by atoms with E-state index in [0.29, 0.717) is 12.1 Å². The van der Waals surface area contributed by atoms with E-state index in [4.69, 9.17) is 0 Å². The minimum atomic E-state index is -3.00. The van der Waals surface area contributed by atoms with Crippen molar-refractivity contribution in [3.05, 3.63) is 29.6 Å². The van der Waals surface area contributed by atoms with Crippen LogP contribution in [-0.4, -0.2) is 23.9 Å². The zero-order valence-corrected chi connectivity index (χ0v) is 11.9. The highest BCUT2D eigenvalue weighted by atomic mass is 19.3. The fourth-order valence-electron chi connectivity index (χ4n) is 2.73. The average Bonchev–Trinajstić information content (AvgIpc) is 2.83. The molecule has 0 bridgehead atoms. The van der Waals surface area contributed by atoms with Crippen LogP contribution in [0.5, 0.6) is 5.75 Å². The molecule has 118 valence electrons. The van der Waals surface area contributed by atoms with E-state index in [1.54, 1.807) is 6.92 Å². The van der Waals surface area contributed by atoms with Gasteiger partial charge in [-0.05, 0) is 25.8 Å². The van der Waals surface area contributed by atoms with Crippen molar-refractivity contribution in [1.29, 1.82) is 0 Å². The van der Waals surface area contributed by atoms with Gasteiger partial charge in [0.25, 0.3) is 0 Å². The molecule has 1 aromatic carbocycles. The highest BCUT2D eigenvalue weighted by Gasteiger charge is 2.31. The smallest absolute Gasteiger partial charge is 0.387 e. The Balaban J connectivity index is 2.05. The Kier molecular flexibility index (Phi) is 5.11. The second kappa shape index (κ2) is 6.66. The van der Waals surface area contributed by atoms with Crippen molar-refractivity contribution < 1.29 is 23.0 Å². The van der Waals surface area contributed by atoms with Crippen LogP contribution in [0.25, 0.3) is 0 Å². The minimum Gasteiger partial charge on any atom is -0.434 e. The van der Waals surface area contributed by atoms with Crippen LogP contribution in [0.1, 0.15) is 44.2 Å². The molecule has 0 aromatic heterocycles. The van der Waals surface area contributed by atoms with E-state index in [2.05, 4.69) is 10.1 Å². The maximum Gasteiger partial charge on any atom is 0.387 e. The molecule has 21 heavy (non-hydrogen) atoms. The maximum atomic E-state index is 13.2. The van der Waals surface area contributed by atoms with Gasteiger partial charge >= 0.3 is 6.61 Å². The highest BCUT2D eigenvalue weighted by Crippen LogP contribution is 2.31. The molecule has 0 saturated heterocycles. The van der Waals surface area contributed by atoms with E-state index in [0.717, 1.165) is 31.7 Å². The minimum absolute atomic E-state index is 0.177. The van der Waals surface area contributed by atoms with Gasteiger partial charge in [-0.2, -0.15) is 8.78 Å². The van der Waals surface area contributed by atoms with Crippen molar-refractivity contribution in [1.82, 2.24) is 5.32 Å². The fourth-order valence-corrected chi connectivity index (χ4v) is 2.73. The zero-order chi connectivity index (χ0) is 15.5. The van der Waals surface area contributed by atoms with Gasteiger partial charge in [-0.25, -0.2) is 4.39 Å². The van der Waals surface area contributed by atoms with Crippen LogP contribution in [0.2, 0.25) is 0 Å². The second-order valence-corrected chi connectivity index (χ2v) is 5.59. The van der Waals surface area contributed by atoms with Gasteiger partial charge in [-0.15, -0.1) is 0 Å². The summed E-state index contributed by atoms with van der Waals surface area (Å²) >= 11 is 0. The number of ether oxygens (including phenoxy) is 1. The molecule has 1 aliphatic carbocycles. The van der Waals surface area contributed by atoms with E-state index in [1.165, 1.54) is 12.1 Å². The van der Waals surface area contributed by atoms with E-state index in [-0.39, 0.29) is 11.8 Å². The van der Waals surface area contributed by atoms with E-state index >= 15 is 0 Å². The van der Waals surface area contributed by atoms with Crippen LogP contribution in [-0.2, 0) is 0 Å². The number of hydrogen-bond acceptors (Lipinski definition) is 3. The molecule has 0 aliphatic heterocycles. The number of nitrogens with one attached hydrogen (secondary N) is 1. The van der Waals surface area contributed by atoms with Crippen molar-refractivity contribution in [2.24, 2.45) is 0 Å². The fraction of sp³-hybridized carbons (Fsp3) is 0.600. The molecule has 2 N–H and O–H groups in total. The summed E-state index contributed by atoms with van der Waals surface area (Å²) in [6.07, 6.45) is 3.44. The molecule has 1 unspecified atom stereocenters. The van der Waals surface area contributed by atoms with Crippen LogP contribution >= 0.6 is 0 Å². The zero-order valence-electron chi connectivity index (χ0n) is 11.9. The summed E-state index contributed by atoms with van der Waals surface area (Å²) < 4.78 is 42.3. The van der Waals surface area contributed by atoms with E-state index in [9.17, 15) is 18.3 Å². The molecule has 1 atom stereocenters. The standard InChI is InChI=1S/C15H20F3NO2/c1-10(19-9-15(20)6-2-3-7-15)12-5-4-11(16)8-13(12)21-14(17)18/h4-5,8,10,14,19-20H,2-3,6-7,9H2,1H3. The van der Waals surface area contributed by atoms with Gasteiger partial charge in [0.15, 0.2) is 0 Å². The van der Waals surface area contributed by atoms with E-state index in [1.807, 2.05) is 0 Å². The van der Waals surface area contributed by atoms with Crippen LogP contribution in [0.15, 0.2) is 18.2 Å². The van der Waals surface area contributed by atoms with Crippen LogP contribution in [0.4, 0.5) is 13.2 Å². The summed E-state index contributed by atoms with van der Waals surface area (Å²) in [5, 5.41) is 13.4. The average molecular weight is 303 g/mol. The van der Waals surface area contributed by atoms with Crippen molar-refractivity contribution in [3.63, 3.8) is 0 Å². The molecule has 1 saturated carbocycles. The largest absolute Gasteiger partial charge is 0.434 e. The summed E-state index contributed by atoms with van der Waals surface area (Å²) in [5.74, 6) is -0.806. The molecule has 1 aromatic rings. The quantitative estimate of drug-likeness (QED) is 0.846. The van der Waals surface area contributed by atoms with Crippen molar-refractivity contribution >= 4 is 0 Å². The lowest BCUT2D eigenvalue weighted by atomic mass is 10.0. The maximum absolute atomic E-state index is 13.2. The lowest BCUT2D eigenvalue weighted by Crippen LogP contribution is -2.39. The third-order valence-electron chi connectivity index (χ3n) is 3.93. The van der Waals surface area contributed by atoms with Gasteiger partial charge in [0.2, 0.25) is 0 Å². The first-order chi connectivity index (χ1) is 9.89. The number of aliphatic hydroxyl groups is 1. The number of rotatable bonds is 6. The lowest BCUT2D eigenvalue weighted by molar-refractivity contribution is -0.0509. The number of benzene rings is 1. The van der Waals surface area contributed by atoms with Gasteiger partial charge in [0.1, 0.15) is 11.6 Å². The Morgan fingerprint density at radius 3 is 2.62 bits per heavy atom. The first kappa shape index (κ1) is 16.1. The van der Waals surface area contributed by atoms with Crippen LogP contribution < -0.4 is 10.1 Å². The molecule has 2 rings (SSSR count). The topological polar surface area (TPSA) is 41.5 Å². The molecular formula is C15H20F3NO2. The van der Waals surface area contributed by atoms with Crippen molar-refractivity contribution in [2.45, 2.75) is 50.9 Å². The summed E-state index contributed by atoms with van der Waals surface area (Å²) in [6.45, 7) is -0.861. The predicted octanol–water partition coefficient (Wildman–Crippen LogP) is 3.38. The molecule has 0 amide bonds. The predicted molar refractivity (Wildman–Crippen MR) is 72.9 cm³/mol. The monoisotopic (exact) mass is 303 g/mol. The van der Waals surface area contributed by atoms with Crippen molar-refractivity contribution in [2.75, 3.05) is 6.54 Å². The van der Waals surface area contributed by atoms with Crippen LogP contribution in [0.3, 0.4) is 0 Å². The molecule has 0 heterocycles. The Labute approximate surface area is 122 Å². The Morgan fingerprint density at radius 1 is 1.33 bits per heavy atom. The van der Waals surface area contributed by atoms with Gasteiger partial charge < -0.3 is 15.2 Å². The molecular weight excluding hydrogens is 283 g/mol. The third-order valence-corrected chi connectivity index (χ3v) is 3.93. The first-order valence-corrected chi connectivity index (χ1v) is 7.10. The molecule has 6 heteroatoms. The molecule has 1 fully saturated rings. The first-order valence-electron chi connectivity index (χ1n) is 7.10. The number of halogens is 3. The third kappa shape index (κ3) is 4.35. The summed E-state index contributed by atoms with van der Waals surface area (Å²) in [5.41, 5.74) is -0.295. The Hall–Kier alpha value is -1.27.